The first-order valence-corrected chi connectivity index (χ1v) is 6.92. The number of nitrogens with one attached hydrogen (secondary N) is 1. The van der Waals surface area contributed by atoms with Crippen LogP contribution in [0.15, 0.2) is 12.1 Å². The predicted molar refractivity (Wildman–Crippen MR) is 79.0 cm³/mol. The van der Waals surface area contributed by atoms with Crippen LogP contribution in [0.5, 0.6) is 5.75 Å². The summed E-state index contributed by atoms with van der Waals surface area (Å²) in [5, 5.41) is 3.14. The molecule has 0 aromatic heterocycles. The summed E-state index contributed by atoms with van der Waals surface area (Å²) in [6.07, 6.45) is -1.12. The van der Waals surface area contributed by atoms with Crippen LogP contribution in [-0.2, 0) is 9.53 Å². The highest BCUT2D eigenvalue weighted by Gasteiger charge is 2.31. The fraction of sp³-hybridized carbons (Fsp3) is 0.429. The minimum atomic E-state index is -0.589. The molecule has 0 spiro atoms. The van der Waals surface area contributed by atoms with E-state index in [0.29, 0.717) is 23.0 Å². The van der Waals surface area contributed by atoms with E-state index in [1.165, 1.54) is 7.11 Å². The molecule has 1 aliphatic heterocycles. The van der Waals surface area contributed by atoms with Crippen molar-refractivity contribution >= 4 is 29.3 Å². The molecular weight excluding hydrogens is 296 g/mol. The van der Waals surface area contributed by atoms with Crippen molar-refractivity contribution in [2.75, 3.05) is 25.1 Å². The van der Waals surface area contributed by atoms with Crippen molar-refractivity contribution < 1.29 is 19.1 Å². The van der Waals surface area contributed by atoms with Crippen LogP contribution in [0.3, 0.4) is 0 Å². The lowest BCUT2D eigenvalue weighted by Crippen LogP contribution is -2.47. The minimum absolute atomic E-state index is 0.157. The molecule has 1 N–H and O–H groups in total. The molecule has 1 aromatic rings. The molecule has 0 aliphatic carbocycles. The molecule has 1 atom stereocenters. The fourth-order valence-corrected chi connectivity index (χ4v) is 2.26. The lowest BCUT2D eigenvalue weighted by Gasteiger charge is -2.33. The number of alkyl carbamates (subject to hydrolysis) is 1. The van der Waals surface area contributed by atoms with Gasteiger partial charge in [-0.3, -0.25) is 4.79 Å². The molecule has 0 saturated heterocycles. The third-order valence-electron chi connectivity index (χ3n) is 3.24. The molecule has 7 heteroatoms. The van der Waals surface area contributed by atoms with Crippen molar-refractivity contribution in [3.63, 3.8) is 0 Å². The van der Waals surface area contributed by atoms with Gasteiger partial charge in [-0.15, -0.1) is 0 Å². The number of halogens is 1. The number of nitrogens with zero attached hydrogens (tertiary/aromatic N) is 1. The predicted octanol–water partition coefficient (Wildman–Crippen LogP) is 2.12. The van der Waals surface area contributed by atoms with Crippen LogP contribution in [0, 0.1) is 6.92 Å². The van der Waals surface area contributed by atoms with Gasteiger partial charge in [-0.25, -0.2) is 4.79 Å². The SMILES string of the molecule is COC(=O)NCCN1C(=O)C(C)Oc2cc(Cl)c(C)cc21. The number of carbonyl (C=O) groups excluding carboxylic acids is 2. The number of carbonyl (C=O) groups is 2. The average Bonchev–Trinajstić information content (AvgIpc) is 2.45. The Morgan fingerprint density at radius 1 is 1.52 bits per heavy atom. The molecule has 6 nitrogen and oxygen atoms in total. The molecule has 114 valence electrons. The Hall–Kier alpha value is -1.95. The Kier molecular flexibility index (Phi) is 4.57. The minimum Gasteiger partial charge on any atom is -0.479 e. The van der Waals surface area contributed by atoms with Gasteiger partial charge in [-0.1, -0.05) is 11.6 Å². The zero-order chi connectivity index (χ0) is 15.6. The largest absolute Gasteiger partial charge is 0.479 e. The summed E-state index contributed by atoms with van der Waals surface area (Å²) in [5.74, 6) is 0.409. The summed E-state index contributed by atoms with van der Waals surface area (Å²) in [6.45, 7) is 4.15. The van der Waals surface area contributed by atoms with Crippen molar-refractivity contribution in [3.05, 3.63) is 22.7 Å². The molecular formula is C14H17ClN2O4. The number of methoxy groups -OCH3 is 1. The lowest BCUT2D eigenvalue weighted by atomic mass is 10.1. The highest BCUT2D eigenvalue weighted by atomic mass is 35.5. The number of ether oxygens (including phenoxy) is 2. The van der Waals surface area contributed by atoms with Crippen LogP contribution in [0.2, 0.25) is 5.02 Å². The molecule has 1 aliphatic rings. The quantitative estimate of drug-likeness (QED) is 0.928. The van der Waals surface area contributed by atoms with Crippen molar-refractivity contribution in [2.24, 2.45) is 0 Å². The topological polar surface area (TPSA) is 67.9 Å². The van der Waals surface area contributed by atoms with Crippen LogP contribution < -0.4 is 15.0 Å². The van der Waals surface area contributed by atoms with E-state index >= 15 is 0 Å². The second kappa shape index (κ2) is 6.22. The molecule has 0 bridgehead atoms. The first-order valence-electron chi connectivity index (χ1n) is 6.54. The first kappa shape index (κ1) is 15.4. The van der Waals surface area contributed by atoms with Crippen LogP contribution >= 0.6 is 11.6 Å². The molecule has 2 rings (SSSR count). The first-order chi connectivity index (χ1) is 9.93. The van der Waals surface area contributed by atoms with E-state index in [1.807, 2.05) is 6.92 Å². The summed E-state index contributed by atoms with van der Waals surface area (Å²) in [6, 6.07) is 3.51. The molecule has 2 amide bonds. The molecule has 21 heavy (non-hydrogen) atoms. The Morgan fingerprint density at radius 2 is 2.24 bits per heavy atom. The Bertz CT molecular complexity index is 576. The van der Waals surface area contributed by atoms with Gasteiger partial charge in [0.15, 0.2) is 6.10 Å². The van der Waals surface area contributed by atoms with Gasteiger partial charge in [0.25, 0.3) is 5.91 Å². The van der Waals surface area contributed by atoms with E-state index in [0.717, 1.165) is 5.56 Å². The summed E-state index contributed by atoms with van der Waals surface area (Å²) in [4.78, 5) is 24.9. The smallest absolute Gasteiger partial charge is 0.406 e. The number of hydrogen-bond acceptors (Lipinski definition) is 4. The number of amides is 2. The van der Waals surface area contributed by atoms with E-state index in [2.05, 4.69) is 10.1 Å². The van der Waals surface area contributed by atoms with Crippen LogP contribution in [-0.4, -0.2) is 38.3 Å². The van der Waals surface area contributed by atoms with Crippen molar-refractivity contribution in [1.82, 2.24) is 5.32 Å². The van der Waals surface area contributed by atoms with E-state index in [4.69, 9.17) is 16.3 Å². The number of aryl methyl sites for hydroxylation is 1. The fourth-order valence-electron chi connectivity index (χ4n) is 2.10. The van der Waals surface area contributed by atoms with E-state index in [-0.39, 0.29) is 12.5 Å². The van der Waals surface area contributed by atoms with Crippen LogP contribution in [0.25, 0.3) is 0 Å². The molecule has 0 saturated carbocycles. The molecule has 0 fully saturated rings. The normalized spacial score (nSPS) is 17.0. The highest BCUT2D eigenvalue weighted by molar-refractivity contribution is 6.31. The number of anilines is 1. The van der Waals surface area contributed by atoms with E-state index in [9.17, 15) is 9.59 Å². The van der Waals surface area contributed by atoms with E-state index < -0.39 is 12.2 Å². The highest BCUT2D eigenvalue weighted by Crippen LogP contribution is 2.37. The van der Waals surface area contributed by atoms with E-state index in [1.54, 1.807) is 24.0 Å². The summed E-state index contributed by atoms with van der Waals surface area (Å²) < 4.78 is 10.1. The summed E-state index contributed by atoms with van der Waals surface area (Å²) >= 11 is 6.09. The monoisotopic (exact) mass is 312 g/mol. The van der Waals surface area contributed by atoms with Gasteiger partial charge in [-0.05, 0) is 25.5 Å². The molecule has 1 aromatic carbocycles. The second-order valence-electron chi connectivity index (χ2n) is 4.74. The van der Waals surface area contributed by atoms with Crippen molar-refractivity contribution in [2.45, 2.75) is 20.0 Å². The maximum absolute atomic E-state index is 12.3. The molecule has 0 radical (unpaired) electrons. The summed E-state index contributed by atoms with van der Waals surface area (Å²) in [7, 11) is 1.29. The summed E-state index contributed by atoms with van der Waals surface area (Å²) in [5.41, 5.74) is 1.51. The number of hydrogen-bond donors (Lipinski definition) is 1. The molecule has 1 unspecified atom stereocenters. The zero-order valence-corrected chi connectivity index (χ0v) is 12.9. The van der Waals surface area contributed by atoms with Gasteiger partial charge < -0.3 is 19.7 Å². The standard InChI is InChI=1S/C14H17ClN2O4/c1-8-6-11-12(7-10(8)15)21-9(2)13(18)17(11)5-4-16-14(19)20-3/h6-7,9H,4-5H2,1-3H3,(H,16,19). The molecule has 1 heterocycles. The van der Waals surface area contributed by atoms with Gasteiger partial charge in [-0.2, -0.15) is 0 Å². The Labute approximate surface area is 128 Å². The van der Waals surface area contributed by atoms with Crippen LogP contribution in [0.1, 0.15) is 12.5 Å². The van der Waals surface area contributed by atoms with Gasteiger partial charge in [0.1, 0.15) is 5.75 Å². The van der Waals surface area contributed by atoms with Crippen LogP contribution in [0.4, 0.5) is 10.5 Å². The Morgan fingerprint density at radius 3 is 2.90 bits per heavy atom. The zero-order valence-electron chi connectivity index (χ0n) is 12.1. The third kappa shape index (κ3) is 3.21. The van der Waals surface area contributed by atoms with Gasteiger partial charge in [0.2, 0.25) is 0 Å². The average molecular weight is 313 g/mol. The third-order valence-corrected chi connectivity index (χ3v) is 3.65. The van der Waals surface area contributed by atoms with Gasteiger partial charge in [0, 0.05) is 24.2 Å². The van der Waals surface area contributed by atoms with Gasteiger partial charge >= 0.3 is 6.09 Å². The van der Waals surface area contributed by atoms with Crippen molar-refractivity contribution in [3.8, 4) is 5.75 Å². The maximum Gasteiger partial charge on any atom is 0.406 e. The number of fused-ring (bicyclic) bond motifs is 1. The maximum atomic E-state index is 12.3. The number of benzene rings is 1. The number of rotatable bonds is 3. The van der Waals surface area contributed by atoms with Crippen molar-refractivity contribution in [1.29, 1.82) is 0 Å². The Balaban J connectivity index is 2.22. The van der Waals surface area contributed by atoms with Gasteiger partial charge in [0.05, 0.1) is 12.8 Å². The second-order valence-corrected chi connectivity index (χ2v) is 5.14. The lowest BCUT2D eigenvalue weighted by molar-refractivity contribution is -0.125.